The van der Waals surface area contributed by atoms with E-state index in [0.29, 0.717) is 17.9 Å². The Bertz CT molecular complexity index is 788. The average Bonchev–Trinajstić information content (AvgIpc) is 3.08. The van der Waals surface area contributed by atoms with Gasteiger partial charge in [0, 0.05) is 24.6 Å². The largest absolute Gasteiger partial charge is 0.334 e. The van der Waals surface area contributed by atoms with Gasteiger partial charge in [0.25, 0.3) is 0 Å². The molecule has 1 aromatic heterocycles. The number of urea groups is 1. The number of rotatable bonds is 4. The fraction of sp³-hybridized carbons (Fsp3) is 0.0588. The summed E-state index contributed by atoms with van der Waals surface area (Å²) in [4.78, 5) is 15.7. The van der Waals surface area contributed by atoms with Gasteiger partial charge >= 0.3 is 6.03 Å². The van der Waals surface area contributed by atoms with E-state index in [4.69, 9.17) is 0 Å². The molecule has 2 aromatic carbocycles. The van der Waals surface area contributed by atoms with E-state index in [9.17, 15) is 9.18 Å². The number of hydrogen-bond donors (Lipinski definition) is 2. The van der Waals surface area contributed by atoms with E-state index < -0.39 is 5.82 Å². The zero-order valence-electron chi connectivity index (χ0n) is 12.2. The van der Waals surface area contributed by atoms with E-state index in [-0.39, 0.29) is 6.03 Å². The number of nitrogens with zero attached hydrogens (tertiary/aromatic N) is 2. The Hall–Kier alpha value is -3.15. The normalized spacial score (nSPS) is 10.3. The molecule has 0 fully saturated rings. The van der Waals surface area contributed by atoms with Crippen molar-refractivity contribution in [3.63, 3.8) is 0 Å². The molecular weight excluding hydrogens is 295 g/mol. The maximum Gasteiger partial charge on any atom is 0.319 e. The van der Waals surface area contributed by atoms with Crippen molar-refractivity contribution in [2.75, 3.05) is 5.32 Å². The van der Waals surface area contributed by atoms with E-state index in [0.717, 1.165) is 5.56 Å². The number of hydrogen-bond acceptors (Lipinski definition) is 2. The zero-order chi connectivity index (χ0) is 16.1. The van der Waals surface area contributed by atoms with Gasteiger partial charge in [-0.3, -0.25) is 0 Å². The number of carbonyl (C=O) groups excluding carboxylic acids is 1. The summed E-state index contributed by atoms with van der Waals surface area (Å²) in [5.74, 6) is -0.441. The predicted octanol–water partition coefficient (Wildman–Crippen LogP) is 3.33. The summed E-state index contributed by atoms with van der Waals surface area (Å²) in [5.41, 5.74) is 1.75. The van der Waals surface area contributed by atoms with Crippen molar-refractivity contribution < 1.29 is 9.18 Å². The Balaban J connectivity index is 1.62. The maximum atomic E-state index is 14.1. The maximum absolute atomic E-state index is 14.1. The fourth-order valence-electron chi connectivity index (χ4n) is 2.15. The first-order chi connectivity index (χ1) is 11.2. The van der Waals surface area contributed by atoms with Crippen LogP contribution in [0.25, 0.3) is 5.69 Å². The Morgan fingerprint density at radius 3 is 2.70 bits per heavy atom. The molecule has 1 heterocycles. The third-order valence-electron chi connectivity index (χ3n) is 3.28. The first kappa shape index (κ1) is 14.8. The highest BCUT2D eigenvalue weighted by molar-refractivity contribution is 5.89. The Labute approximate surface area is 132 Å². The molecule has 2 amide bonds. The highest BCUT2D eigenvalue weighted by Gasteiger charge is 2.07. The summed E-state index contributed by atoms with van der Waals surface area (Å²) in [6.45, 7) is 0.405. The minimum absolute atomic E-state index is 0.373. The molecule has 0 spiro atoms. The number of anilines is 1. The van der Waals surface area contributed by atoms with Gasteiger partial charge in [0.05, 0.1) is 12.0 Å². The van der Waals surface area contributed by atoms with Gasteiger partial charge in [-0.2, -0.15) is 0 Å². The van der Waals surface area contributed by atoms with Crippen LogP contribution in [0.4, 0.5) is 14.9 Å². The molecule has 3 aromatic rings. The lowest BCUT2D eigenvalue weighted by atomic mass is 10.2. The Morgan fingerprint density at radius 1 is 1.17 bits per heavy atom. The molecule has 2 N–H and O–H groups in total. The van der Waals surface area contributed by atoms with Crippen molar-refractivity contribution in [3.8, 4) is 5.69 Å². The first-order valence-electron chi connectivity index (χ1n) is 7.09. The van der Waals surface area contributed by atoms with E-state index in [1.165, 1.54) is 12.4 Å². The Kier molecular flexibility index (Phi) is 4.33. The second kappa shape index (κ2) is 6.74. The predicted molar refractivity (Wildman–Crippen MR) is 85.8 cm³/mol. The topological polar surface area (TPSA) is 59.0 Å². The molecule has 23 heavy (non-hydrogen) atoms. The van der Waals surface area contributed by atoms with Crippen LogP contribution in [0, 0.1) is 5.82 Å². The molecular formula is C17H15FN4O. The molecule has 0 atom stereocenters. The van der Waals surface area contributed by atoms with Crippen molar-refractivity contribution in [2.24, 2.45) is 0 Å². The molecule has 0 bridgehead atoms. The summed E-state index contributed by atoms with van der Waals surface area (Å²) >= 11 is 0. The molecule has 3 rings (SSSR count). The molecule has 0 aliphatic heterocycles. The van der Waals surface area contributed by atoms with Crippen LogP contribution in [0.3, 0.4) is 0 Å². The van der Waals surface area contributed by atoms with Gasteiger partial charge in [-0.15, -0.1) is 0 Å². The number of carbonyl (C=O) groups is 1. The van der Waals surface area contributed by atoms with E-state index >= 15 is 0 Å². The number of halogens is 1. The van der Waals surface area contributed by atoms with Crippen molar-refractivity contribution in [2.45, 2.75) is 6.54 Å². The second-order valence-corrected chi connectivity index (χ2v) is 4.93. The van der Waals surface area contributed by atoms with Gasteiger partial charge in [0.15, 0.2) is 0 Å². The summed E-state index contributed by atoms with van der Waals surface area (Å²) in [5, 5.41) is 5.33. The number of benzene rings is 2. The van der Waals surface area contributed by atoms with Gasteiger partial charge < -0.3 is 15.2 Å². The van der Waals surface area contributed by atoms with E-state index in [1.807, 2.05) is 30.3 Å². The number of amides is 2. The monoisotopic (exact) mass is 310 g/mol. The van der Waals surface area contributed by atoms with Crippen LogP contribution in [0.1, 0.15) is 5.56 Å². The minimum Gasteiger partial charge on any atom is -0.334 e. The Morgan fingerprint density at radius 2 is 2.00 bits per heavy atom. The SMILES string of the molecule is O=C(NCc1ccccc1)Nc1ccc(-n2ccnc2)c(F)c1. The lowest BCUT2D eigenvalue weighted by Crippen LogP contribution is -2.28. The standard InChI is InChI=1S/C17H15FN4O/c18-15-10-14(6-7-16(15)22-9-8-19-12-22)21-17(23)20-11-13-4-2-1-3-5-13/h1-10,12H,11H2,(H2,20,21,23). The van der Waals surface area contributed by atoms with Crippen molar-refractivity contribution in [1.82, 2.24) is 14.9 Å². The van der Waals surface area contributed by atoms with Crippen LogP contribution >= 0.6 is 0 Å². The lowest BCUT2D eigenvalue weighted by Gasteiger charge is -2.10. The zero-order valence-corrected chi connectivity index (χ0v) is 12.2. The van der Waals surface area contributed by atoms with Gasteiger partial charge in [-0.05, 0) is 23.8 Å². The molecule has 0 radical (unpaired) electrons. The lowest BCUT2D eigenvalue weighted by molar-refractivity contribution is 0.251. The molecule has 0 unspecified atom stereocenters. The van der Waals surface area contributed by atoms with Crippen molar-refractivity contribution in [1.29, 1.82) is 0 Å². The average molecular weight is 310 g/mol. The molecule has 0 saturated carbocycles. The minimum atomic E-state index is -0.441. The van der Waals surface area contributed by atoms with E-state index in [1.54, 1.807) is 29.1 Å². The molecule has 116 valence electrons. The molecule has 0 saturated heterocycles. The fourth-order valence-corrected chi connectivity index (χ4v) is 2.15. The van der Waals surface area contributed by atoms with Crippen LogP contribution < -0.4 is 10.6 Å². The van der Waals surface area contributed by atoms with E-state index in [2.05, 4.69) is 15.6 Å². The van der Waals surface area contributed by atoms with Crippen molar-refractivity contribution in [3.05, 3.63) is 78.6 Å². The van der Waals surface area contributed by atoms with Gasteiger partial charge in [0.2, 0.25) is 0 Å². The van der Waals surface area contributed by atoms with Gasteiger partial charge in [-0.25, -0.2) is 14.2 Å². The van der Waals surface area contributed by atoms with Gasteiger partial charge in [-0.1, -0.05) is 30.3 Å². The number of imidazole rings is 1. The number of nitrogens with one attached hydrogen (secondary N) is 2. The third-order valence-corrected chi connectivity index (χ3v) is 3.28. The van der Waals surface area contributed by atoms with Crippen LogP contribution in [0.5, 0.6) is 0 Å². The van der Waals surface area contributed by atoms with Crippen LogP contribution in [-0.2, 0) is 6.54 Å². The molecule has 0 aliphatic carbocycles. The first-order valence-corrected chi connectivity index (χ1v) is 7.09. The molecule has 0 aliphatic rings. The van der Waals surface area contributed by atoms with Crippen molar-refractivity contribution >= 4 is 11.7 Å². The summed E-state index contributed by atoms with van der Waals surface area (Å²) in [6, 6.07) is 13.7. The highest BCUT2D eigenvalue weighted by Crippen LogP contribution is 2.18. The van der Waals surface area contributed by atoms with Crippen LogP contribution in [-0.4, -0.2) is 15.6 Å². The molecule has 6 heteroatoms. The third kappa shape index (κ3) is 3.74. The quantitative estimate of drug-likeness (QED) is 0.776. The van der Waals surface area contributed by atoms with Gasteiger partial charge in [0.1, 0.15) is 5.82 Å². The summed E-state index contributed by atoms with van der Waals surface area (Å²) < 4.78 is 15.7. The second-order valence-electron chi connectivity index (χ2n) is 4.93. The smallest absolute Gasteiger partial charge is 0.319 e. The summed E-state index contributed by atoms with van der Waals surface area (Å²) in [6.07, 6.45) is 4.73. The number of aromatic nitrogens is 2. The van der Waals surface area contributed by atoms with Crippen LogP contribution in [0.2, 0.25) is 0 Å². The summed E-state index contributed by atoms with van der Waals surface area (Å²) in [7, 11) is 0. The van der Waals surface area contributed by atoms with Crippen LogP contribution in [0.15, 0.2) is 67.3 Å². The highest BCUT2D eigenvalue weighted by atomic mass is 19.1. The molecule has 5 nitrogen and oxygen atoms in total.